The monoisotopic (exact) mass is 515 g/mol. The van der Waals surface area contributed by atoms with Crippen LogP contribution in [0.2, 0.25) is 0 Å². The van der Waals surface area contributed by atoms with Crippen LogP contribution in [-0.2, 0) is 18.6 Å². The molecule has 36 heavy (non-hydrogen) atoms. The van der Waals surface area contributed by atoms with Gasteiger partial charge in [0.1, 0.15) is 11.5 Å². The van der Waals surface area contributed by atoms with Crippen molar-refractivity contribution in [3.05, 3.63) is 82.6 Å². The largest absolute Gasteiger partial charge is 0.445 e. The smallest absolute Gasteiger partial charge is 0.430 e. The highest BCUT2D eigenvalue weighted by Gasteiger charge is 2.71. The zero-order chi connectivity index (χ0) is 26.9. The fourth-order valence-electron chi connectivity index (χ4n) is 3.69. The number of oxazole rings is 1. The van der Waals surface area contributed by atoms with Gasteiger partial charge in [0.05, 0.1) is 6.54 Å². The Morgan fingerprint density at radius 3 is 2.19 bits per heavy atom. The highest BCUT2D eigenvalue weighted by Crippen LogP contribution is 2.50. The molecule has 0 saturated heterocycles. The molecule has 3 N–H and O–H groups in total. The minimum Gasteiger partial charge on any atom is -0.445 e. The van der Waals surface area contributed by atoms with Gasteiger partial charge in [-0.15, -0.1) is 0 Å². The third kappa shape index (κ3) is 5.32. The van der Waals surface area contributed by atoms with Crippen molar-refractivity contribution in [2.75, 3.05) is 11.4 Å². The maximum atomic E-state index is 13.1. The van der Waals surface area contributed by atoms with Gasteiger partial charge < -0.3 is 20.2 Å². The van der Waals surface area contributed by atoms with E-state index < -0.39 is 29.4 Å². The molecular weight excluding hydrogens is 492 g/mol. The topological polar surface area (TPSA) is 92.6 Å². The van der Waals surface area contributed by atoms with Crippen molar-refractivity contribution >= 4 is 11.6 Å². The minimum atomic E-state index is -5.96. The van der Waals surface area contributed by atoms with Gasteiger partial charge in [-0.05, 0) is 43.7 Å². The van der Waals surface area contributed by atoms with E-state index in [4.69, 9.17) is 10.2 Å². The lowest BCUT2D eigenvalue weighted by atomic mass is 9.92. The molecule has 1 heterocycles. The molecule has 0 unspecified atom stereocenters. The second kappa shape index (κ2) is 9.84. The molecule has 1 amide bonds. The summed E-state index contributed by atoms with van der Waals surface area (Å²) in [6, 6.07) is 10.00. The second-order valence-corrected chi connectivity index (χ2v) is 8.12. The third-order valence-corrected chi connectivity index (χ3v) is 5.70. The van der Waals surface area contributed by atoms with E-state index in [-0.39, 0.29) is 13.0 Å². The van der Waals surface area contributed by atoms with Gasteiger partial charge in [0.2, 0.25) is 5.91 Å². The van der Waals surface area contributed by atoms with E-state index in [1.807, 2.05) is 0 Å². The number of nitrogens with zero attached hydrogens (tertiary/aromatic N) is 2. The number of amides is 1. The standard InChI is InChI=1S/C24H23F6N3O3/c1-3-33(18-9-7-17(8-10-18)22(35,23(25,26)27)24(28,29)30)13-19-14(2)36-20(32-19)12-15-5-4-6-16(11-15)21(31)34/h4-11,35H,3,12-13H2,1-2H3,(H2,31,34). The molecule has 0 saturated carbocycles. The van der Waals surface area contributed by atoms with E-state index >= 15 is 0 Å². The number of anilines is 1. The van der Waals surface area contributed by atoms with Crippen molar-refractivity contribution in [1.82, 2.24) is 4.98 Å². The summed E-state index contributed by atoms with van der Waals surface area (Å²) in [5, 5.41) is 9.57. The SMILES string of the molecule is CCN(Cc1nc(Cc2cccc(C(N)=O)c2)oc1C)c1ccc(C(O)(C(F)(F)F)C(F)(F)F)cc1. The second-order valence-electron chi connectivity index (χ2n) is 8.12. The molecule has 3 aromatic rings. The number of aliphatic hydroxyl groups is 1. The average molecular weight is 515 g/mol. The van der Waals surface area contributed by atoms with Crippen molar-refractivity contribution in [2.24, 2.45) is 5.73 Å². The fourth-order valence-corrected chi connectivity index (χ4v) is 3.69. The zero-order valence-electron chi connectivity index (χ0n) is 19.2. The van der Waals surface area contributed by atoms with Crippen molar-refractivity contribution < 1.29 is 40.7 Å². The van der Waals surface area contributed by atoms with E-state index in [1.54, 1.807) is 43.0 Å². The normalized spacial score (nSPS) is 12.6. The molecule has 0 aliphatic rings. The lowest BCUT2D eigenvalue weighted by molar-refractivity contribution is -0.376. The van der Waals surface area contributed by atoms with Gasteiger partial charge >= 0.3 is 12.4 Å². The van der Waals surface area contributed by atoms with Crippen molar-refractivity contribution in [3.8, 4) is 0 Å². The van der Waals surface area contributed by atoms with E-state index in [1.165, 1.54) is 0 Å². The van der Waals surface area contributed by atoms with Crippen LogP contribution in [0.15, 0.2) is 52.9 Å². The maximum Gasteiger partial charge on any atom is 0.430 e. The van der Waals surface area contributed by atoms with Gasteiger partial charge in [-0.1, -0.05) is 24.3 Å². The van der Waals surface area contributed by atoms with E-state index in [2.05, 4.69) is 4.98 Å². The number of hydrogen-bond donors (Lipinski definition) is 2. The van der Waals surface area contributed by atoms with Crippen LogP contribution >= 0.6 is 0 Å². The summed E-state index contributed by atoms with van der Waals surface area (Å²) in [5.74, 6) is 0.264. The predicted octanol–water partition coefficient (Wildman–Crippen LogP) is 5.01. The Hall–Kier alpha value is -3.54. The Morgan fingerprint density at radius 2 is 1.67 bits per heavy atom. The number of carbonyl (C=O) groups is 1. The van der Waals surface area contributed by atoms with Crippen LogP contribution in [0.4, 0.5) is 32.0 Å². The average Bonchev–Trinajstić information content (AvgIpc) is 3.14. The number of aryl methyl sites for hydroxylation is 1. The highest BCUT2D eigenvalue weighted by molar-refractivity contribution is 5.92. The number of rotatable bonds is 8. The molecule has 0 bridgehead atoms. The Morgan fingerprint density at radius 1 is 1.06 bits per heavy atom. The summed E-state index contributed by atoms with van der Waals surface area (Å²) in [6.45, 7) is 3.94. The molecular formula is C24H23F6N3O3. The summed E-state index contributed by atoms with van der Waals surface area (Å²) < 4.78 is 84.5. The molecule has 0 atom stereocenters. The third-order valence-electron chi connectivity index (χ3n) is 5.70. The first kappa shape index (κ1) is 27.1. The maximum absolute atomic E-state index is 13.1. The number of hydrogen-bond acceptors (Lipinski definition) is 5. The number of primary amides is 1. The van der Waals surface area contributed by atoms with Gasteiger partial charge in [-0.25, -0.2) is 4.98 Å². The number of alkyl halides is 6. The Kier molecular flexibility index (Phi) is 7.40. The van der Waals surface area contributed by atoms with Crippen LogP contribution in [0.5, 0.6) is 0 Å². The number of nitrogens with two attached hydrogens (primary N) is 1. The number of benzene rings is 2. The van der Waals surface area contributed by atoms with Gasteiger partial charge in [-0.3, -0.25) is 4.79 Å². The zero-order valence-corrected chi connectivity index (χ0v) is 19.2. The van der Waals surface area contributed by atoms with Gasteiger partial charge in [-0.2, -0.15) is 26.3 Å². The summed E-state index contributed by atoms with van der Waals surface area (Å²) in [7, 11) is 0. The summed E-state index contributed by atoms with van der Waals surface area (Å²) >= 11 is 0. The van der Waals surface area contributed by atoms with Crippen LogP contribution in [0.3, 0.4) is 0 Å². The van der Waals surface area contributed by atoms with Crippen LogP contribution < -0.4 is 10.6 Å². The molecule has 0 radical (unpaired) electrons. The molecule has 1 aromatic heterocycles. The number of aromatic nitrogens is 1. The fraction of sp³-hybridized carbons (Fsp3) is 0.333. The molecule has 194 valence electrons. The Labute approximate surface area is 202 Å². The lowest BCUT2D eigenvalue weighted by Gasteiger charge is -2.33. The molecule has 2 aromatic carbocycles. The van der Waals surface area contributed by atoms with Gasteiger partial charge in [0, 0.05) is 29.8 Å². The van der Waals surface area contributed by atoms with E-state index in [9.17, 15) is 36.2 Å². The lowest BCUT2D eigenvalue weighted by Crippen LogP contribution is -2.53. The van der Waals surface area contributed by atoms with E-state index in [0.29, 0.717) is 47.3 Å². The molecule has 0 fully saturated rings. The molecule has 6 nitrogen and oxygen atoms in total. The first-order valence-electron chi connectivity index (χ1n) is 10.7. The van der Waals surface area contributed by atoms with Crippen LogP contribution in [0.1, 0.15) is 45.8 Å². The van der Waals surface area contributed by atoms with Crippen LogP contribution in [-0.4, -0.2) is 34.9 Å². The van der Waals surface area contributed by atoms with Gasteiger partial charge in [0.25, 0.3) is 5.60 Å². The molecule has 3 rings (SSSR count). The highest BCUT2D eigenvalue weighted by atomic mass is 19.4. The molecule has 0 aliphatic carbocycles. The number of carbonyl (C=O) groups excluding carboxylic acids is 1. The molecule has 12 heteroatoms. The van der Waals surface area contributed by atoms with Gasteiger partial charge in [0.15, 0.2) is 5.89 Å². The molecule has 0 spiro atoms. The van der Waals surface area contributed by atoms with Crippen LogP contribution in [0, 0.1) is 6.92 Å². The van der Waals surface area contributed by atoms with Crippen molar-refractivity contribution in [2.45, 2.75) is 44.8 Å². The number of halogens is 6. The minimum absolute atomic E-state index is 0.162. The summed E-state index contributed by atoms with van der Waals surface area (Å²) in [6.07, 6.45) is -11.6. The van der Waals surface area contributed by atoms with Crippen molar-refractivity contribution in [1.29, 1.82) is 0 Å². The first-order valence-corrected chi connectivity index (χ1v) is 10.7. The molecule has 0 aliphatic heterocycles. The van der Waals surface area contributed by atoms with Crippen molar-refractivity contribution in [3.63, 3.8) is 0 Å². The summed E-state index contributed by atoms with van der Waals surface area (Å²) in [5.41, 5.74) is 0.892. The predicted molar refractivity (Wildman–Crippen MR) is 118 cm³/mol. The quantitative estimate of drug-likeness (QED) is 0.412. The van der Waals surface area contributed by atoms with E-state index in [0.717, 1.165) is 17.7 Å². The Bertz CT molecular complexity index is 1210. The van der Waals surface area contributed by atoms with Crippen LogP contribution in [0.25, 0.3) is 0 Å². The summed E-state index contributed by atoms with van der Waals surface area (Å²) in [4.78, 5) is 17.5. The first-order chi connectivity index (χ1) is 16.7. The Balaban J connectivity index is 1.82.